The van der Waals surface area contributed by atoms with E-state index in [1.54, 1.807) is 6.07 Å². The second-order valence-electron chi connectivity index (χ2n) is 6.25. The van der Waals surface area contributed by atoms with Gasteiger partial charge in [0.15, 0.2) is 23.0 Å². The summed E-state index contributed by atoms with van der Waals surface area (Å²) in [5.41, 5.74) is 4.43. The van der Waals surface area contributed by atoms with Crippen LogP contribution in [0.2, 0.25) is 0 Å². The Morgan fingerprint density at radius 2 is 1.88 bits per heavy atom. The van der Waals surface area contributed by atoms with Crippen LogP contribution in [0.1, 0.15) is 27.2 Å². The van der Waals surface area contributed by atoms with Crippen molar-refractivity contribution in [1.29, 1.82) is 0 Å². The van der Waals surface area contributed by atoms with Crippen molar-refractivity contribution in [3.8, 4) is 22.8 Å². The van der Waals surface area contributed by atoms with E-state index in [1.807, 2.05) is 43.3 Å². The van der Waals surface area contributed by atoms with Gasteiger partial charge in [-0.2, -0.15) is 0 Å². The molecule has 0 radical (unpaired) electrons. The van der Waals surface area contributed by atoms with Gasteiger partial charge in [-0.1, -0.05) is 23.4 Å². The van der Waals surface area contributed by atoms with E-state index in [9.17, 15) is 4.79 Å². The van der Waals surface area contributed by atoms with Gasteiger partial charge in [-0.25, -0.2) is 0 Å². The molecule has 0 fully saturated rings. The number of fused-ring (bicyclic) bond motifs is 1. The molecule has 0 aliphatic carbocycles. The topological polar surface area (TPSA) is 73.6 Å². The van der Waals surface area contributed by atoms with Gasteiger partial charge in [0.2, 0.25) is 6.79 Å². The summed E-state index contributed by atoms with van der Waals surface area (Å²) in [4.78, 5) is 12.3. The van der Waals surface area contributed by atoms with Gasteiger partial charge < -0.3 is 19.3 Å². The van der Waals surface area contributed by atoms with Crippen molar-refractivity contribution in [1.82, 2.24) is 10.5 Å². The van der Waals surface area contributed by atoms with Crippen LogP contribution in [0.5, 0.6) is 11.5 Å². The lowest BCUT2D eigenvalue weighted by Crippen LogP contribution is -2.22. The Bertz CT molecular complexity index is 978. The van der Waals surface area contributed by atoms with Crippen molar-refractivity contribution >= 4 is 5.91 Å². The molecule has 6 heteroatoms. The Balaban J connectivity index is 1.44. The summed E-state index contributed by atoms with van der Waals surface area (Å²) in [6.07, 6.45) is 0. The summed E-state index contributed by atoms with van der Waals surface area (Å²) < 4.78 is 15.9. The van der Waals surface area contributed by atoms with Crippen molar-refractivity contribution < 1.29 is 18.8 Å². The minimum absolute atomic E-state index is 0.228. The number of nitrogens with zero attached hydrogens (tertiary/aromatic N) is 1. The summed E-state index contributed by atoms with van der Waals surface area (Å²) in [7, 11) is 0. The zero-order valence-corrected chi connectivity index (χ0v) is 14.5. The van der Waals surface area contributed by atoms with Crippen molar-refractivity contribution in [3.63, 3.8) is 0 Å². The molecular weight excluding hydrogens is 332 g/mol. The Kier molecular flexibility index (Phi) is 4.08. The summed E-state index contributed by atoms with van der Waals surface area (Å²) in [6, 6.07) is 13.2. The highest BCUT2D eigenvalue weighted by atomic mass is 16.7. The maximum Gasteiger partial charge on any atom is 0.273 e. The minimum atomic E-state index is -0.290. The number of amides is 1. The molecule has 1 aliphatic rings. The van der Waals surface area contributed by atoms with E-state index in [0.29, 0.717) is 18.1 Å². The predicted octanol–water partition coefficient (Wildman–Crippen LogP) is 3.62. The first-order valence-corrected chi connectivity index (χ1v) is 8.31. The van der Waals surface area contributed by atoms with E-state index in [2.05, 4.69) is 17.4 Å². The smallest absolute Gasteiger partial charge is 0.273 e. The highest BCUT2D eigenvalue weighted by Gasteiger charge is 2.16. The molecule has 1 aliphatic heterocycles. The summed E-state index contributed by atoms with van der Waals surface area (Å²) in [5.74, 6) is 1.69. The number of hydrogen-bond acceptors (Lipinski definition) is 5. The van der Waals surface area contributed by atoms with Crippen molar-refractivity contribution in [2.45, 2.75) is 20.4 Å². The van der Waals surface area contributed by atoms with Crippen LogP contribution in [0.4, 0.5) is 0 Å². The number of aryl methyl sites for hydroxylation is 2. The summed E-state index contributed by atoms with van der Waals surface area (Å²) in [6.45, 7) is 4.68. The van der Waals surface area contributed by atoms with E-state index in [1.165, 1.54) is 5.56 Å². The largest absolute Gasteiger partial charge is 0.454 e. The molecule has 0 saturated heterocycles. The lowest BCUT2D eigenvalue weighted by Gasteiger charge is -2.04. The number of rotatable bonds is 4. The quantitative estimate of drug-likeness (QED) is 0.778. The highest BCUT2D eigenvalue weighted by Crippen LogP contribution is 2.32. The van der Waals surface area contributed by atoms with E-state index >= 15 is 0 Å². The molecule has 1 N–H and O–H groups in total. The molecule has 4 rings (SSSR count). The molecule has 0 saturated carbocycles. The lowest BCUT2D eigenvalue weighted by atomic mass is 10.0. The van der Waals surface area contributed by atoms with Crippen LogP contribution in [0.15, 0.2) is 47.0 Å². The van der Waals surface area contributed by atoms with E-state index in [0.717, 1.165) is 22.4 Å². The van der Waals surface area contributed by atoms with Gasteiger partial charge in [-0.15, -0.1) is 0 Å². The van der Waals surface area contributed by atoms with Crippen LogP contribution in [0.3, 0.4) is 0 Å². The van der Waals surface area contributed by atoms with Gasteiger partial charge in [0, 0.05) is 18.2 Å². The normalized spacial score (nSPS) is 12.2. The van der Waals surface area contributed by atoms with E-state index in [-0.39, 0.29) is 18.4 Å². The third kappa shape index (κ3) is 3.13. The molecule has 1 aromatic heterocycles. The fraction of sp³-hybridized carbons (Fsp3) is 0.200. The number of ether oxygens (including phenoxy) is 2. The standard InChI is InChI=1S/C20H18N2O4/c1-12-3-5-15(7-13(12)2)18-9-16(22-26-18)20(23)21-10-14-4-6-17-19(8-14)25-11-24-17/h3-9H,10-11H2,1-2H3,(H,21,23). The second kappa shape index (κ2) is 6.55. The molecule has 26 heavy (non-hydrogen) atoms. The van der Waals surface area contributed by atoms with Crippen LogP contribution in [-0.4, -0.2) is 17.9 Å². The number of aromatic nitrogens is 1. The number of carbonyl (C=O) groups is 1. The Morgan fingerprint density at radius 1 is 1.04 bits per heavy atom. The van der Waals surface area contributed by atoms with Crippen LogP contribution in [-0.2, 0) is 6.54 Å². The maximum absolute atomic E-state index is 12.3. The maximum atomic E-state index is 12.3. The van der Waals surface area contributed by atoms with Crippen LogP contribution >= 0.6 is 0 Å². The zero-order valence-electron chi connectivity index (χ0n) is 14.5. The molecule has 3 aromatic rings. The van der Waals surface area contributed by atoms with Gasteiger partial charge in [-0.3, -0.25) is 4.79 Å². The van der Waals surface area contributed by atoms with Crippen LogP contribution in [0.25, 0.3) is 11.3 Å². The lowest BCUT2D eigenvalue weighted by molar-refractivity contribution is 0.0942. The van der Waals surface area contributed by atoms with Crippen LogP contribution in [0, 0.1) is 13.8 Å². The zero-order chi connectivity index (χ0) is 18.1. The first kappa shape index (κ1) is 16.2. The average Bonchev–Trinajstić information content (AvgIpc) is 3.30. The van der Waals surface area contributed by atoms with Gasteiger partial charge in [0.25, 0.3) is 5.91 Å². The number of hydrogen-bond donors (Lipinski definition) is 1. The highest BCUT2D eigenvalue weighted by molar-refractivity contribution is 5.93. The molecule has 0 spiro atoms. The number of nitrogens with one attached hydrogen (secondary N) is 1. The van der Waals surface area contributed by atoms with E-state index < -0.39 is 0 Å². The molecule has 2 aromatic carbocycles. The summed E-state index contributed by atoms with van der Waals surface area (Å²) in [5, 5.41) is 6.72. The average molecular weight is 350 g/mol. The van der Waals surface area contributed by atoms with Gasteiger partial charge in [0.05, 0.1) is 0 Å². The predicted molar refractivity (Wildman–Crippen MR) is 95.1 cm³/mol. The first-order chi connectivity index (χ1) is 12.6. The van der Waals surface area contributed by atoms with Gasteiger partial charge in [-0.05, 0) is 48.7 Å². The monoisotopic (exact) mass is 350 g/mol. The van der Waals surface area contributed by atoms with Gasteiger partial charge in [0.1, 0.15) is 0 Å². The fourth-order valence-corrected chi connectivity index (χ4v) is 2.74. The minimum Gasteiger partial charge on any atom is -0.454 e. The number of carbonyl (C=O) groups excluding carboxylic acids is 1. The molecule has 132 valence electrons. The first-order valence-electron chi connectivity index (χ1n) is 8.31. The summed E-state index contributed by atoms with van der Waals surface area (Å²) >= 11 is 0. The molecule has 6 nitrogen and oxygen atoms in total. The molecule has 1 amide bonds. The second-order valence-corrected chi connectivity index (χ2v) is 6.25. The molecule has 2 heterocycles. The third-order valence-electron chi connectivity index (χ3n) is 4.42. The Morgan fingerprint density at radius 3 is 2.73 bits per heavy atom. The van der Waals surface area contributed by atoms with Crippen molar-refractivity contribution in [3.05, 3.63) is 64.8 Å². The van der Waals surface area contributed by atoms with Crippen molar-refractivity contribution in [2.24, 2.45) is 0 Å². The Hall–Kier alpha value is -3.28. The molecular formula is C20H18N2O4. The van der Waals surface area contributed by atoms with Gasteiger partial charge >= 0.3 is 0 Å². The van der Waals surface area contributed by atoms with Crippen LogP contribution < -0.4 is 14.8 Å². The molecule has 0 unspecified atom stereocenters. The van der Waals surface area contributed by atoms with E-state index in [4.69, 9.17) is 14.0 Å². The Labute approximate surface area is 150 Å². The molecule has 0 bridgehead atoms. The number of benzene rings is 2. The van der Waals surface area contributed by atoms with Crippen molar-refractivity contribution in [2.75, 3.05) is 6.79 Å². The SMILES string of the molecule is Cc1ccc(-c2cc(C(=O)NCc3ccc4c(c3)OCO4)no2)cc1C. The third-order valence-corrected chi connectivity index (χ3v) is 4.42. The molecule has 0 atom stereocenters. The fourth-order valence-electron chi connectivity index (χ4n) is 2.74.